The molecule has 0 aliphatic heterocycles. The van der Waals surface area contributed by atoms with Gasteiger partial charge in [0.25, 0.3) is 0 Å². The summed E-state index contributed by atoms with van der Waals surface area (Å²) in [7, 11) is 0. The molecule has 0 aliphatic rings. The lowest BCUT2D eigenvalue weighted by Gasteiger charge is -2.13. The normalized spacial score (nSPS) is 13.7. The van der Waals surface area contributed by atoms with E-state index in [2.05, 4.69) is 19.2 Å². The van der Waals surface area contributed by atoms with Gasteiger partial charge in [-0.1, -0.05) is 12.5 Å². The van der Waals surface area contributed by atoms with E-state index in [1.807, 2.05) is 13.0 Å². The molecule has 0 aromatic carbocycles. The molecule has 0 bridgehead atoms. The predicted octanol–water partition coefficient (Wildman–Crippen LogP) is 2.98. The molecular formula is C12H18N2O3. The number of furan rings is 1. The minimum atomic E-state index is -0.536. The van der Waals surface area contributed by atoms with E-state index in [0.29, 0.717) is 5.76 Å². The molecule has 0 amide bonds. The van der Waals surface area contributed by atoms with Crippen molar-refractivity contribution in [2.75, 3.05) is 6.54 Å². The molecule has 94 valence electrons. The number of nitro groups is 1. The third-order valence-electron chi connectivity index (χ3n) is 2.55. The minimum absolute atomic E-state index is 0.224. The third kappa shape index (κ3) is 4.03. The molecule has 1 heterocycles. The molecule has 0 fully saturated rings. The number of nitrogens with one attached hydrogen (secondary N) is 1. The zero-order valence-corrected chi connectivity index (χ0v) is 10.4. The van der Waals surface area contributed by atoms with Crippen LogP contribution in [0.2, 0.25) is 0 Å². The van der Waals surface area contributed by atoms with Gasteiger partial charge < -0.3 is 9.73 Å². The Bertz CT molecular complexity index is 410. The highest BCUT2D eigenvalue weighted by atomic mass is 16.6. The fourth-order valence-electron chi connectivity index (χ4n) is 1.39. The number of hydrogen-bond donors (Lipinski definition) is 1. The van der Waals surface area contributed by atoms with E-state index in [-0.39, 0.29) is 11.9 Å². The first-order chi connectivity index (χ1) is 8.04. The van der Waals surface area contributed by atoms with Crippen LogP contribution in [0, 0.1) is 10.1 Å². The SMILES string of the molecule is CCCNC(C)/C(C)=C/c1ccc([N+](=O)[O-])o1. The molecule has 1 atom stereocenters. The Hall–Kier alpha value is -1.62. The molecule has 1 unspecified atom stereocenters. The molecule has 5 nitrogen and oxygen atoms in total. The molecular weight excluding hydrogens is 220 g/mol. The second kappa shape index (κ2) is 6.20. The van der Waals surface area contributed by atoms with Gasteiger partial charge in [-0.3, -0.25) is 10.1 Å². The van der Waals surface area contributed by atoms with Gasteiger partial charge in [-0.05, 0) is 39.0 Å². The first-order valence-electron chi connectivity index (χ1n) is 5.70. The smallest absolute Gasteiger partial charge is 0.401 e. The molecule has 1 aromatic rings. The van der Waals surface area contributed by atoms with Gasteiger partial charge in [-0.15, -0.1) is 0 Å². The van der Waals surface area contributed by atoms with Crippen molar-refractivity contribution in [2.45, 2.75) is 33.2 Å². The van der Waals surface area contributed by atoms with Crippen molar-refractivity contribution in [1.29, 1.82) is 0 Å². The van der Waals surface area contributed by atoms with Crippen molar-refractivity contribution < 1.29 is 9.34 Å². The lowest BCUT2D eigenvalue weighted by atomic mass is 10.1. The number of hydrogen-bond acceptors (Lipinski definition) is 4. The van der Waals surface area contributed by atoms with Crippen molar-refractivity contribution in [3.8, 4) is 0 Å². The van der Waals surface area contributed by atoms with Crippen LogP contribution in [-0.4, -0.2) is 17.5 Å². The summed E-state index contributed by atoms with van der Waals surface area (Å²) in [5.74, 6) is 0.289. The highest BCUT2D eigenvalue weighted by molar-refractivity contribution is 5.49. The van der Waals surface area contributed by atoms with E-state index in [1.165, 1.54) is 6.07 Å². The Morgan fingerprint density at radius 3 is 2.88 bits per heavy atom. The zero-order valence-electron chi connectivity index (χ0n) is 10.4. The van der Waals surface area contributed by atoms with Gasteiger partial charge in [0.15, 0.2) is 0 Å². The maximum absolute atomic E-state index is 10.5. The molecule has 1 rings (SSSR count). The standard InChI is InChI=1S/C12H18N2O3/c1-4-7-13-10(3)9(2)8-11-5-6-12(17-11)14(15)16/h5-6,8,10,13H,4,7H2,1-3H3/b9-8+. The van der Waals surface area contributed by atoms with Gasteiger partial charge in [0, 0.05) is 6.04 Å². The second-order valence-corrected chi connectivity index (χ2v) is 4.00. The summed E-state index contributed by atoms with van der Waals surface area (Å²) in [6, 6.07) is 3.20. The summed E-state index contributed by atoms with van der Waals surface area (Å²) in [5.41, 5.74) is 1.09. The van der Waals surface area contributed by atoms with Crippen LogP contribution in [0.3, 0.4) is 0 Å². The molecule has 1 N–H and O–H groups in total. The first-order valence-corrected chi connectivity index (χ1v) is 5.70. The quantitative estimate of drug-likeness (QED) is 0.611. The van der Waals surface area contributed by atoms with Gasteiger partial charge in [0.2, 0.25) is 0 Å². The van der Waals surface area contributed by atoms with E-state index >= 15 is 0 Å². The highest BCUT2D eigenvalue weighted by Gasteiger charge is 2.11. The van der Waals surface area contributed by atoms with Crippen LogP contribution in [0.25, 0.3) is 6.08 Å². The van der Waals surface area contributed by atoms with Crippen LogP contribution < -0.4 is 5.32 Å². The average Bonchev–Trinajstić information content (AvgIpc) is 2.74. The lowest BCUT2D eigenvalue weighted by Crippen LogP contribution is -2.27. The summed E-state index contributed by atoms with van der Waals surface area (Å²) in [6.45, 7) is 7.08. The van der Waals surface area contributed by atoms with Crippen LogP contribution in [-0.2, 0) is 0 Å². The maximum atomic E-state index is 10.5. The monoisotopic (exact) mass is 238 g/mol. The summed E-state index contributed by atoms with van der Waals surface area (Å²) >= 11 is 0. The zero-order chi connectivity index (χ0) is 12.8. The van der Waals surface area contributed by atoms with E-state index in [0.717, 1.165) is 18.5 Å². The van der Waals surface area contributed by atoms with E-state index in [4.69, 9.17) is 4.42 Å². The van der Waals surface area contributed by atoms with Crippen molar-refractivity contribution in [1.82, 2.24) is 5.32 Å². The Balaban J connectivity index is 2.69. The maximum Gasteiger partial charge on any atom is 0.433 e. The summed E-state index contributed by atoms with van der Waals surface area (Å²) in [5, 5.41) is 13.8. The van der Waals surface area contributed by atoms with Crippen LogP contribution in [0.5, 0.6) is 0 Å². The molecule has 0 aliphatic carbocycles. The minimum Gasteiger partial charge on any atom is -0.401 e. The number of rotatable bonds is 6. The van der Waals surface area contributed by atoms with Gasteiger partial charge in [0.1, 0.15) is 10.7 Å². The van der Waals surface area contributed by atoms with Gasteiger partial charge >= 0.3 is 5.88 Å². The number of nitrogens with zero attached hydrogens (tertiary/aromatic N) is 1. The fraction of sp³-hybridized carbons (Fsp3) is 0.500. The Morgan fingerprint density at radius 1 is 1.65 bits per heavy atom. The van der Waals surface area contributed by atoms with Gasteiger partial charge in [-0.25, -0.2) is 0 Å². The van der Waals surface area contributed by atoms with Crippen molar-refractivity contribution in [3.63, 3.8) is 0 Å². The molecule has 17 heavy (non-hydrogen) atoms. The topological polar surface area (TPSA) is 68.3 Å². The van der Waals surface area contributed by atoms with Crippen LogP contribution in [0.1, 0.15) is 33.0 Å². The van der Waals surface area contributed by atoms with Crippen molar-refractivity contribution >= 4 is 12.0 Å². The predicted molar refractivity (Wildman–Crippen MR) is 66.8 cm³/mol. The van der Waals surface area contributed by atoms with Crippen molar-refractivity contribution in [3.05, 3.63) is 33.6 Å². The molecule has 1 aromatic heterocycles. The van der Waals surface area contributed by atoms with Crippen LogP contribution in [0.4, 0.5) is 5.88 Å². The van der Waals surface area contributed by atoms with E-state index in [1.54, 1.807) is 6.07 Å². The Morgan fingerprint density at radius 2 is 2.35 bits per heavy atom. The average molecular weight is 238 g/mol. The molecule has 0 radical (unpaired) electrons. The highest BCUT2D eigenvalue weighted by Crippen LogP contribution is 2.18. The fourth-order valence-corrected chi connectivity index (χ4v) is 1.39. The second-order valence-electron chi connectivity index (χ2n) is 4.00. The third-order valence-corrected chi connectivity index (χ3v) is 2.55. The van der Waals surface area contributed by atoms with E-state index in [9.17, 15) is 10.1 Å². The van der Waals surface area contributed by atoms with Crippen LogP contribution >= 0.6 is 0 Å². The summed E-state index contributed by atoms with van der Waals surface area (Å²) in [6.07, 6.45) is 2.89. The van der Waals surface area contributed by atoms with Gasteiger partial charge in [0.05, 0.1) is 6.07 Å². The molecule has 5 heteroatoms. The molecule has 0 saturated heterocycles. The van der Waals surface area contributed by atoms with E-state index < -0.39 is 4.92 Å². The van der Waals surface area contributed by atoms with Crippen molar-refractivity contribution in [2.24, 2.45) is 0 Å². The first kappa shape index (κ1) is 13.4. The summed E-state index contributed by atoms with van der Waals surface area (Å²) < 4.78 is 5.07. The van der Waals surface area contributed by atoms with Gasteiger partial charge in [-0.2, -0.15) is 0 Å². The largest absolute Gasteiger partial charge is 0.433 e. The Kier molecular flexibility index (Phi) is 4.90. The molecule has 0 saturated carbocycles. The molecule has 0 spiro atoms. The lowest BCUT2D eigenvalue weighted by molar-refractivity contribution is -0.402. The van der Waals surface area contributed by atoms with Crippen LogP contribution in [0.15, 0.2) is 22.1 Å². The summed E-state index contributed by atoms with van der Waals surface area (Å²) in [4.78, 5) is 9.92. The Labute approximate surface area is 101 Å².